The summed E-state index contributed by atoms with van der Waals surface area (Å²) >= 11 is 0. The van der Waals surface area contributed by atoms with Crippen LogP contribution in [0.2, 0.25) is 0 Å². The summed E-state index contributed by atoms with van der Waals surface area (Å²) in [4.78, 5) is 10.3. The van der Waals surface area contributed by atoms with Crippen LogP contribution in [-0.2, 0) is 0 Å². The smallest absolute Gasteiger partial charge is 0.387 e. The van der Waals surface area contributed by atoms with Crippen LogP contribution in [0.1, 0.15) is 15.9 Å². The molecular formula is C9H4F3NO2. The fourth-order valence-electron chi connectivity index (χ4n) is 0.950. The van der Waals surface area contributed by atoms with Crippen molar-refractivity contribution in [3.05, 3.63) is 29.1 Å². The van der Waals surface area contributed by atoms with Crippen molar-refractivity contribution in [1.29, 1.82) is 5.26 Å². The van der Waals surface area contributed by atoms with E-state index in [2.05, 4.69) is 4.74 Å². The van der Waals surface area contributed by atoms with Crippen molar-refractivity contribution in [2.24, 2.45) is 0 Å². The molecule has 0 fully saturated rings. The normalized spacial score (nSPS) is 9.80. The average molecular weight is 215 g/mol. The summed E-state index contributed by atoms with van der Waals surface area (Å²) in [5.41, 5.74) is -0.626. The minimum Gasteiger partial charge on any atom is -0.432 e. The van der Waals surface area contributed by atoms with Gasteiger partial charge in [0, 0.05) is 5.56 Å². The first-order chi connectivity index (χ1) is 7.08. The van der Waals surface area contributed by atoms with Gasteiger partial charge in [-0.1, -0.05) is 0 Å². The topological polar surface area (TPSA) is 50.1 Å². The van der Waals surface area contributed by atoms with E-state index in [0.29, 0.717) is 6.29 Å². The third-order valence-electron chi connectivity index (χ3n) is 1.53. The van der Waals surface area contributed by atoms with Crippen LogP contribution >= 0.6 is 0 Å². The number of hydrogen-bond acceptors (Lipinski definition) is 3. The second-order valence-corrected chi connectivity index (χ2v) is 2.49. The van der Waals surface area contributed by atoms with Crippen LogP contribution in [0.25, 0.3) is 0 Å². The van der Waals surface area contributed by atoms with Crippen LogP contribution < -0.4 is 4.74 Å². The van der Waals surface area contributed by atoms with Gasteiger partial charge < -0.3 is 4.74 Å². The molecule has 0 aliphatic carbocycles. The van der Waals surface area contributed by atoms with E-state index in [-0.39, 0.29) is 5.56 Å². The molecule has 78 valence electrons. The zero-order valence-electron chi connectivity index (χ0n) is 7.21. The first-order valence-corrected chi connectivity index (χ1v) is 3.72. The highest BCUT2D eigenvalue weighted by atomic mass is 19.3. The van der Waals surface area contributed by atoms with Crippen molar-refractivity contribution >= 4 is 6.29 Å². The third-order valence-corrected chi connectivity index (χ3v) is 1.53. The lowest BCUT2D eigenvalue weighted by atomic mass is 10.1. The summed E-state index contributed by atoms with van der Waals surface area (Å²) in [7, 11) is 0. The molecule has 0 amide bonds. The summed E-state index contributed by atoms with van der Waals surface area (Å²) < 4.78 is 40.6. The highest BCUT2D eigenvalue weighted by Crippen LogP contribution is 2.23. The number of aldehydes is 1. The van der Waals surface area contributed by atoms with Crippen molar-refractivity contribution in [2.45, 2.75) is 6.61 Å². The molecule has 15 heavy (non-hydrogen) atoms. The van der Waals surface area contributed by atoms with E-state index >= 15 is 0 Å². The molecule has 1 aromatic rings. The number of carbonyl (C=O) groups excluding carboxylic acids is 1. The lowest BCUT2D eigenvalue weighted by Crippen LogP contribution is -2.05. The molecule has 0 N–H and O–H groups in total. The third kappa shape index (κ3) is 2.47. The molecule has 0 spiro atoms. The van der Waals surface area contributed by atoms with Crippen LogP contribution in [0.5, 0.6) is 5.75 Å². The largest absolute Gasteiger partial charge is 0.432 e. The van der Waals surface area contributed by atoms with Crippen molar-refractivity contribution in [2.75, 3.05) is 0 Å². The second-order valence-electron chi connectivity index (χ2n) is 2.49. The number of nitriles is 1. The maximum Gasteiger partial charge on any atom is 0.387 e. The molecule has 0 heterocycles. The Hall–Kier alpha value is -2.03. The van der Waals surface area contributed by atoms with Gasteiger partial charge in [0.15, 0.2) is 11.6 Å². The molecule has 1 rings (SSSR count). The minimum atomic E-state index is -3.21. The Bertz CT molecular complexity index is 426. The van der Waals surface area contributed by atoms with Gasteiger partial charge in [0.1, 0.15) is 12.4 Å². The SMILES string of the molecule is N#Cc1cc(C=O)cc(OC(F)F)c1F. The molecule has 0 saturated heterocycles. The van der Waals surface area contributed by atoms with E-state index in [4.69, 9.17) is 5.26 Å². The molecule has 6 heteroatoms. The Morgan fingerprint density at radius 2 is 2.13 bits per heavy atom. The predicted octanol–water partition coefficient (Wildman–Crippen LogP) is 2.11. The van der Waals surface area contributed by atoms with Crippen molar-refractivity contribution in [1.82, 2.24) is 0 Å². The quantitative estimate of drug-likeness (QED) is 0.725. The molecular weight excluding hydrogens is 211 g/mol. The van der Waals surface area contributed by atoms with Crippen LogP contribution in [0.15, 0.2) is 12.1 Å². The van der Waals surface area contributed by atoms with E-state index in [0.717, 1.165) is 12.1 Å². The minimum absolute atomic E-state index is 0.108. The van der Waals surface area contributed by atoms with Gasteiger partial charge >= 0.3 is 6.61 Å². The second kappa shape index (κ2) is 4.46. The number of carbonyl (C=O) groups is 1. The summed E-state index contributed by atoms with van der Waals surface area (Å²) in [6.07, 6.45) is 0.304. The number of halogens is 3. The van der Waals surface area contributed by atoms with Crippen LogP contribution in [0.3, 0.4) is 0 Å². The van der Waals surface area contributed by atoms with Gasteiger partial charge in [-0.15, -0.1) is 0 Å². The number of ether oxygens (including phenoxy) is 1. The Morgan fingerprint density at radius 3 is 2.60 bits per heavy atom. The first-order valence-electron chi connectivity index (χ1n) is 3.72. The molecule has 0 bridgehead atoms. The lowest BCUT2D eigenvalue weighted by Gasteiger charge is -2.06. The first kappa shape index (κ1) is 11.0. The Labute approximate surface area is 82.7 Å². The molecule has 0 unspecified atom stereocenters. The summed E-state index contributed by atoms with van der Waals surface area (Å²) in [6.45, 7) is -3.21. The molecule has 0 radical (unpaired) electrons. The van der Waals surface area contributed by atoms with Crippen LogP contribution in [-0.4, -0.2) is 12.9 Å². The molecule has 0 aromatic heterocycles. The van der Waals surface area contributed by atoms with Crippen molar-refractivity contribution < 1.29 is 22.7 Å². The van der Waals surface area contributed by atoms with Gasteiger partial charge in [0.05, 0.1) is 5.56 Å². The molecule has 0 aliphatic rings. The maximum atomic E-state index is 13.2. The average Bonchev–Trinajstić information content (AvgIpc) is 2.20. The summed E-state index contributed by atoms with van der Waals surface area (Å²) in [6, 6.07) is 3.17. The van der Waals surface area contributed by atoms with Crippen LogP contribution in [0, 0.1) is 17.1 Å². The van der Waals surface area contributed by atoms with Gasteiger partial charge in [-0.05, 0) is 12.1 Å². The maximum absolute atomic E-state index is 13.2. The van der Waals surface area contributed by atoms with Gasteiger partial charge in [0.25, 0.3) is 0 Å². The fourth-order valence-corrected chi connectivity index (χ4v) is 0.950. The number of rotatable bonds is 3. The van der Waals surface area contributed by atoms with Crippen molar-refractivity contribution in [3.8, 4) is 11.8 Å². The van der Waals surface area contributed by atoms with E-state index in [9.17, 15) is 18.0 Å². The predicted molar refractivity (Wildman–Crippen MR) is 43.1 cm³/mol. The Morgan fingerprint density at radius 1 is 1.47 bits per heavy atom. The number of nitrogens with zero attached hydrogens (tertiary/aromatic N) is 1. The van der Waals surface area contributed by atoms with E-state index in [1.165, 1.54) is 6.07 Å². The van der Waals surface area contributed by atoms with Crippen molar-refractivity contribution in [3.63, 3.8) is 0 Å². The zero-order chi connectivity index (χ0) is 11.4. The van der Waals surface area contributed by atoms with Gasteiger partial charge in [0.2, 0.25) is 0 Å². The number of alkyl halides is 2. The number of hydrogen-bond donors (Lipinski definition) is 0. The fraction of sp³-hybridized carbons (Fsp3) is 0.111. The highest BCUT2D eigenvalue weighted by molar-refractivity contribution is 5.76. The van der Waals surface area contributed by atoms with Crippen LogP contribution in [0.4, 0.5) is 13.2 Å². The number of benzene rings is 1. The van der Waals surface area contributed by atoms with Gasteiger partial charge in [-0.25, -0.2) is 4.39 Å². The van der Waals surface area contributed by atoms with E-state index in [1.54, 1.807) is 0 Å². The van der Waals surface area contributed by atoms with Gasteiger partial charge in [-0.2, -0.15) is 14.0 Å². The molecule has 3 nitrogen and oxygen atoms in total. The summed E-state index contributed by atoms with van der Waals surface area (Å²) in [5.74, 6) is -2.02. The highest BCUT2D eigenvalue weighted by Gasteiger charge is 2.15. The summed E-state index contributed by atoms with van der Waals surface area (Å²) in [5, 5.41) is 8.45. The lowest BCUT2D eigenvalue weighted by molar-refractivity contribution is -0.0522. The van der Waals surface area contributed by atoms with E-state index in [1.807, 2.05) is 0 Å². The monoisotopic (exact) mass is 215 g/mol. The molecule has 0 aliphatic heterocycles. The molecule has 0 atom stereocenters. The van der Waals surface area contributed by atoms with Gasteiger partial charge in [-0.3, -0.25) is 4.79 Å². The Kier molecular flexibility index (Phi) is 3.29. The Balaban J connectivity index is 3.25. The molecule has 0 saturated carbocycles. The standard InChI is InChI=1S/C9H4F3NO2/c10-8-6(3-13)1-5(4-14)2-7(8)15-9(11)12/h1-2,4,9H. The van der Waals surface area contributed by atoms with E-state index < -0.39 is 23.7 Å². The zero-order valence-corrected chi connectivity index (χ0v) is 7.21. The molecule has 1 aromatic carbocycles.